The van der Waals surface area contributed by atoms with Crippen LogP contribution >= 0.6 is 0 Å². The maximum Gasteiger partial charge on any atom is 0.416 e. The van der Waals surface area contributed by atoms with Crippen LogP contribution in [-0.2, 0) is 19.0 Å². The van der Waals surface area contributed by atoms with Crippen LogP contribution in [0.4, 0.5) is 13.2 Å². The number of halogens is 3. The fraction of sp³-hybridized carbons (Fsp3) is 0.308. The van der Waals surface area contributed by atoms with Crippen molar-refractivity contribution in [2.45, 2.75) is 38.8 Å². The normalized spacial score (nSPS) is 11.5. The van der Waals surface area contributed by atoms with E-state index in [9.17, 15) is 23.1 Å². The van der Waals surface area contributed by atoms with Crippen molar-refractivity contribution >= 4 is 0 Å². The van der Waals surface area contributed by atoms with Crippen molar-refractivity contribution in [1.82, 2.24) is 19.7 Å². The zero-order valence-electron chi connectivity index (χ0n) is 20.9. The lowest BCUT2D eigenvalue weighted by molar-refractivity contribution is -0.137. The molecular weight excluding hydrogens is 505 g/mol. The van der Waals surface area contributed by atoms with Crippen molar-refractivity contribution in [3.8, 4) is 34.5 Å². The summed E-state index contributed by atoms with van der Waals surface area (Å²) in [5, 5.41) is 14.5. The summed E-state index contributed by atoms with van der Waals surface area (Å²) in [6.07, 6.45) is -2.80. The lowest BCUT2D eigenvalue weighted by atomic mass is 10.1. The Bertz CT molecular complexity index is 1460. The minimum Gasteiger partial charge on any atom is -0.494 e. The second kappa shape index (κ2) is 11.0. The molecule has 38 heavy (non-hydrogen) atoms. The number of benzene rings is 2. The first-order chi connectivity index (χ1) is 18.2. The van der Waals surface area contributed by atoms with Gasteiger partial charge in [0.1, 0.15) is 23.0 Å². The summed E-state index contributed by atoms with van der Waals surface area (Å²) in [5.41, 5.74) is -0.877. The second-order valence-corrected chi connectivity index (χ2v) is 8.35. The summed E-state index contributed by atoms with van der Waals surface area (Å²) in [6.45, 7) is 1.99. The van der Waals surface area contributed by atoms with Crippen LogP contribution in [0.15, 0.2) is 51.8 Å². The van der Waals surface area contributed by atoms with Crippen molar-refractivity contribution < 1.29 is 32.3 Å². The number of para-hydroxylation sites is 1. The summed E-state index contributed by atoms with van der Waals surface area (Å²) in [7, 11) is 2.93. The van der Waals surface area contributed by atoms with Gasteiger partial charge in [0.15, 0.2) is 0 Å². The van der Waals surface area contributed by atoms with Crippen LogP contribution in [0.2, 0.25) is 0 Å². The number of hydrogen-bond acceptors (Lipinski definition) is 8. The van der Waals surface area contributed by atoms with Crippen molar-refractivity contribution in [2.24, 2.45) is 0 Å². The van der Waals surface area contributed by atoms with E-state index < -0.39 is 23.2 Å². The molecule has 9 nitrogen and oxygen atoms in total. The summed E-state index contributed by atoms with van der Waals surface area (Å²) >= 11 is 0. The molecule has 0 aliphatic rings. The Hall–Kier alpha value is -4.35. The highest BCUT2D eigenvalue weighted by atomic mass is 19.4. The molecule has 0 saturated heterocycles. The van der Waals surface area contributed by atoms with Crippen LogP contribution in [0.25, 0.3) is 17.1 Å². The molecule has 4 rings (SSSR count). The molecule has 4 aromatic rings. The smallest absolute Gasteiger partial charge is 0.416 e. The van der Waals surface area contributed by atoms with Gasteiger partial charge in [0.2, 0.25) is 17.6 Å². The minimum atomic E-state index is -4.47. The average molecular weight is 531 g/mol. The van der Waals surface area contributed by atoms with E-state index >= 15 is 0 Å². The number of rotatable bonds is 9. The molecule has 2 aromatic carbocycles. The molecule has 0 bridgehead atoms. The van der Waals surface area contributed by atoms with Crippen LogP contribution in [0.1, 0.15) is 42.6 Å². The monoisotopic (exact) mass is 530 g/mol. The summed E-state index contributed by atoms with van der Waals surface area (Å²) in [6, 6.07) is 9.34. The van der Waals surface area contributed by atoms with E-state index in [4.69, 9.17) is 14.0 Å². The first-order valence-corrected chi connectivity index (χ1v) is 11.7. The zero-order valence-corrected chi connectivity index (χ0v) is 20.9. The number of unbranched alkanes of at least 4 members (excludes halogenated alkanes) is 1. The van der Waals surface area contributed by atoms with Crippen molar-refractivity contribution in [1.29, 1.82) is 0 Å². The van der Waals surface area contributed by atoms with E-state index in [-0.39, 0.29) is 23.7 Å². The molecule has 200 valence electrons. The molecule has 1 N–H and O–H groups in total. The van der Waals surface area contributed by atoms with Gasteiger partial charge in [-0.05, 0) is 30.7 Å². The molecule has 0 aliphatic heterocycles. The number of aromatic nitrogens is 4. The van der Waals surface area contributed by atoms with Crippen molar-refractivity contribution in [3.63, 3.8) is 0 Å². The van der Waals surface area contributed by atoms with Gasteiger partial charge in [0, 0.05) is 12.0 Å². The summed E-state index contributed by atoms with van der Waals surface area (Å²) in [4.78, 5) is 22.3. The van der Waals surface area contributed by atoms with Crippen molar-refractivity contribution in [3.05, 3.63) is 75.7 Å². The quantitative estimate of drug-likeness (QED) is 0.323. The number of ether oxygens (including phenoxy) is 2. The van der Waals surface area contributed by atoms with Gasteiger partial charge in [-0.1, -0.05) is 36.7 Å². The SMILES string of the molecule is CCCCc1nc(O)c(Cc2nc(-c3ccc(C(F)(F)F)cc3)no2)c(=O)n1-c1c(OC)cccc1OC. The molecule has 0 amide bonds. The molecule has 12 heteroatoms. The van der Waals surface area contributed by atoms with Crippen molar-refractivity contribution in [2.75, 3.05) is 14.2 Å². The number of nitrogens with zero attached hydrogens (tertiary/aromatic N) is 4. The summed E-state index contributed by atoms with van der Waals surface area (Å²) in [5.74, 6) is 0.564. The van der Waals surface area contributed by atoms with Crippen LogP contribution in [0.3, 0.4) is 0 Å². The first kappa shape index (κ1) is 26.7. The molecular formula is C26H25F3N4O5. The molecule has 0 spiro atoms. The van der Waals surface area contributed by atoms with Crippen LogP contribution in [-0.4, -0.2) is 39.0 Å². The topological polar surface area (TPSA) is 113 Å². The van der Waals surface area contributed by atoms with Crippen LogP contribution in [0, 0.1) is 0 Å². The Labute approximate surface area is 215 Å². The fourth-order valence-electron chi connectivity index (χ4n) is 3.93. The number of alkyl halides is 3. The molecule has 2 aromatic heterocycles. The van der Waals surface area contributed by atoms with E-state index in [0.717, 1.165) is 18.6 Å². The Balaban J connectivity index is 1.77. The highest BCUT2D eigenvalue weighted by molar-refractivity contribution is 5.58. The van der Waals surface area contributed by atoms with Gasteiger partial charge in [-0.25, -0.2) is 0 Å². The fourth-order valence-corrected chi connectivity index (χ4v) is 3.93. The Morgan fingerprint density at radius 2 is 1.68 bits per heavy atom. The molecule has 0 radical (unpaired) electrons. The van der Waals surface area contributed by atoms with Gasteiger partial charge in [0.25, 0.3) is 5.56 Å². The van der Waals surface area contributed by atoms with E-state index in [1.807, 2.05) is 6.92 Å². The average Bonchev–Trinajstić information content (AvgIpc) is 3.37. The second-order valence-electron chi connectivity index (χ2n) is 8.35. The number of aromatic hydroxyl groups is 1. The predicted octanol–water partition coefficient (Wildman–Crippen LogP) is 4.96. The minimum absolute atomic E-state index is 0.0334. The van der Waals surface area contributed by atoms with Gasteiger partial charge in [-0.15, -0.1) is 0 Å². The Morgan fingerprint density at radius 1 is 1.03 bits per heavy atom. The Morgan fingerprint density at radius 3 is 2.26 bits per heavy atom. The molecule has 2 heterocycles. The third-order valence-corrected chi connectivity index (χ3v) is 5.87. The maximum absolute atomic E-state index is 13.8. The third kappa shape index (κ3) is 5.34. The van der Waals surface area contributed by atoms with E-state index in [0.29, 0.717) is 41.4 Å². The highest BCUT2D eigenvalue weighted by Gasteiger charge is 2.30. The largest absolute Gasteiger partial charge is 0.494 e. The van der Waals surface area contributed by atoms with Gasteiger partial charge < -0.3 is 19.1 Å². The van der Waals surface area contributed by atoms with E-state index in [2.05, 4.69) is 15.1 Å². The number of hydrogen-bond donors (Lipinski definition) is 1. The van der Waals surface area contributed by atoms with Gasteiger partial charge >= 0.3 is 6.18 Å². The third-order valence-electron chi connectivity index (χ3n) is 5.87. The predicted molar refractivity (Wildman–Crippen MR) is 131 cm³/mol. The molecule has 0 saturated carbocycles. The molecule has 0 atom stereocenters. The molecule has 0 unspecified atom stereocenters. The Kier molecular flexibility index (Phi) is 7.70. The first-order valence-electron chi connectivity index (χ1n) is 11.7. The number of aryl methyl sites for hydroxylation is 1. The van der Waals surface area contributed by atoms with Crippen LogP contribution < -0.4 is 15.0 Å². The van der Waals surface area contributed by atoms with Gasteiger partial charge in [-0.2, -0.15) is 23.1 Å². The molecule has 0 fully saturated rings. The van der Waals surface area contributed by atoms with Gasteiger partial charge in [-0.3, -0.25) is 9.36 Å². The maximum atomic E-state index is 13.8. The van der Waals surface area contributed by atoms with E-state index in [1.54, 1.807) is 18.2 Å². The van der Waals surface area contributed by atoms with Crippen LogP contribution in [0.5, 0.6) is 17.4 Å². The van der Waals surface area contributed by atoms with Gasteiger partial charge in [0.05, 0.1) is 31.8 Å². The standard InChI is InChI=1S/C26H25F3N4O5/c1-4-5-9-20-30-24(34)17(25(35)33(20)22-18(36-2)7-6-8-19(22)37-3)14-21-31-23(32-38-21)15-10-12-16(13-11-15)26(27,28)29/h6-8,10-13,34H,4-5,9,14H2,1-3H3. The van der Waals surface area contributed by atoms with E-state index in [1.165, 1.54) is 30.9 Å². The summed E-state index contributed by atoms with van der Waals surface area (Å²) < 4.78 is 56.2. The zero-order chi connectivity index (χ0) is 27.4. The number of methoxy groups -OCH3 is 2. The lowest BCUT2D eigenvalue weighted by Crippen LogP contribution is -2.28. The lowest BCUT2D eigenvalue weighted by Gasteiger charge is -2.19. The molecule has 0 aliphatic carbocycles. The highest BCUT2D eigenvalue weighted by Crippen LogP contribution is 2.33.